The molecule has 21 heavy (non-hydrogen) atoms. The lowest BCUT2D eigenvalue weighted by Gasteiger charge is -2.11. The van der Waals surface area contributed by atoms with Gasteiger partial charge in [-0.05, 0) is 36.2 Å². The van der Waals surface area contributed by atoms with Gasteiger partial charge in [0.2, 0.25) is 0 Å². The molecule has 0 bridgehead atoms. The monoisotopic (exact) mass is 276 g/mol. The van der Waals surface area contributed by atoms with Crippen LogP contribution in [0.3, 0.4) is 0 Å². The standard InChI is InChI=1S/C18H16N2O/c1-3-11-20-17-14(8-6-10-19-17)12-16(18(20)21)15-9-5-4-7-13(15)2/h3-10,12H,1,11H2,2H3. The third-order valence-corrected chi connectivity index (χ3v) is 3.59. The van der Waals surface area contributed by atoms with Crippen molar-refractivity contribution < 1.29 is 0 Å². The molecular weight excluding hydrogens is 260 g/mol. The van der Waals surface area contributed by atoms with Crippen molar-refractivity contribution in [2.45, 2.75) is 13.5 Å². The fourth-order valence-electron chi connectivity index (χ4n) is 2.57. The quantitative estimate of drug-likeness (QED) is 0.686. The summed E-state index contributed by atoms with van der Waals surface area (Å²) in [6.45, 7) is 6.20. The van der Waals surface area contributed by atoms with Gasteiger partial charge in [-0.25, -0.2) is 4.98 Å². The van der Waals surface area contributed by atoms with Gasteiger partial charge in [0.15, 0.2) is 0 Å². The third kappa shape index (κ3) is 2.27. The normalized spacial score (nSPS) is 10.7. The molecule has 0 fully saturated rings. The van der Waals surface area contributed by atoms with Gasteiger partial charge in [-0.2, -0.15) is 0 Å². The van der Waals surface area contributed by atoms with Gasteiger partial charge in [0.05, 0.1) is 0 Å². The summed E-state index contributed by atoms with van der Waals surface area (Å²) in [7, 11) is 0. The lowest BCUT2D eigenvalue weighted by atomic mass is 10.0. The van der Waals surface area contributed by atoms with Crippen LogP contribution in [0.4, 0.5) is 0 Å². The van der Waals surface area contributed by atoms with Gasteiger partial charge < -0.3 is 0 Å². The summed E-state index contributed by atoms with van der Waals surface area (Å²) in [6.07, 6.45) is 3.42. The van der Waals surface area contributed by atoms with Crippen molar-refractivity contribution in [3.8, 4) is 11.1 Å². The molecule has 104 valence electrons. The topological polar surface area (TPSA) is 34.9 Å². The second-order valence-corrected chi connectivity index (χ2v) is 4.99. The molecule has 0 saturated heterocycles. The number of hydrogen-bond donors (Lipinski definition) is 0. The van der Waals surface area contributed by atoms with Crippen LogP contribution < -0.4 is 5.56 Å². The Morgan fingerprint density at radius 3 is 2.76 bits per heavy atom. The van der Waals surface area contributed by atoms with Crippen LogP contribution in [0.2, 0.25) is 0 Å². The molecule has 0 aliphatic carbocycles. The molecule has 3 aromatic rings. The lowest BCUT2D eigenvalue weighted by Crippen LogP contribution is -2.22. The summed E-state index contributed by atoms with van der Waals surface area (Å²) in [5.41, 5.74) is 3.42. The van der Waals surface area contributed by atoms with Crippen LogP contribution in [0.15, 0.2) is 66.1 Å². The van der Waals surface area contributed by atoms with Crippen LogP contribution in [-0.2, 0) is 6.54 Å². The number of benzene rings is 1. The van der Waals surface area contributed by atoms with Crippen LogP contribution in [0.5, 0.6) is 0 Å². The zero-order chi connectivity index (χ0) is 14.8. The summed E-state index contributed by atoms with van der Waals surface area (Å²) >= 11 is 0. The summed E-state index contributed by atoms with van der Waals surface area (Å²) in [6, 6.07) is 13.7. The Morgan fingerprint density at radius 2 is 2.00 bits per heavy atom. The van der Waals surface area contributed by atoms with Crippen molar-refractivity contribution in [1.29, 1.82) is 0 Å². The molecule has 0 atom stereocenters. The van der Waals surface area contributed by atoms with Gasteiger partial charge in [-0.1, -0.05) is 30.3 Å². The van der Waals surface area contributed by atoms with Crippen LogP contribution in [-0.4, -0.2) is 9.55 Å². The number of aryl methyl sites for hydroxylation is 1. The fourth-order valence-corrected chi connectivity index (χ4v) is 2.57. The Balaban J connectivity index is 2.39. The van der Waals surface area contributed by atoms with E-state index in [1.807, 2.05) is 49.4 Å². The summed E-state index contributed by atoms with van der Waals surface area (Å²) in [4.78, 5) is 17.1. The van der Waals surface area contributed by atoms with E-state index in [2.05, 4.69) is 11.6 Å². The highest BCUT2D eigenvalue weighted by Crippen LogP contribution is 2.23. The molecule has 0 radical (unpaired) electrons. The van der Waals surface area contributed by atoms with E-state index in [0.717, 1.165) is 16.5 Å². The second kappa shape index (κ2) is 5.37. The molecule has 2 aromatic heterocycles. The van der Waals surface area contributed by atoms with Gasteiger partial charge in [0.1, 0.15) is 5.65 Å². The number of pyridine rings is 2. The maximum Gasteiger partial charge on any atom is 0.260 e. The van der Waals surface area contributed by atoms with Gasteiger partial charge in [-0.15, -0.1) is 6.58 Å². The van der Waals surface area contributed by atoms with E-state index in [1.165, 1.54) is 0 Å². The predicted octanol–water partition coefficient (Wildman–Crippen LogP) is 3.56. The molecule has 0 unspecified atom stereocenters. The summed E-state index contributed by atoms with van der Waals surface area (Å²) in [5.74, 6) is 0. The lowest BCUT2D eigenvalue weighted by molar-refractivity contribution is 0.807. The molecule has 3 nitrogen and oxygen atoms in total. The van der Waals surface area contributed by atoms with Gasteiger partial charge in [0, 0.05) is 23.7 Å². The first-order valence-electron chi connectivity index (χ1n) is 6.88. The molecule has 0 saturated carbocycles. The minimum absolute atomic E-state index is 0.0320. The van der Waals surface area contributed by atoms with E-state index in [-0.39, 0.29) is 5.56 Å². The maximum atomic E-state index is 12.8. The van der Waals surface area contributed by atoms with E-state index >= 15 is 0 Å². The molecule has 3 heteroatoms. The van der Waals surface area contributed by atoms with Crippen LogP contribution in [0.1, 0.15) is 5.56 Å². The van der Waals surface area contributed by atoms with Crippen molar-refractivity contribution >= 4 is 11.0 Å². The zero-order valence-electron chi connectivity index (χ0n) is 11.9. The average Bonchev–Trinajstić information content (AvgIpc) is 2.51. The van der Waals surface area contributed by atoms with Crippen molar-refractivity contribution in [3.05, 3.63) is 77.2 Å². The van der Waals surface area contributed by atoms with Crippen LogP contribution >= 0.6 is 0 Å². The Labute approximate surface area is 123 Å². The molecule has 1 aromatic carbocycles. The van der Waals surface area contributed by atoms with Crippen LogP contribution in [0.25, 0.3) is 22.2 Å². The first kappa shape index (κ1) is 13.3. The first-order chi connectivity index (χ1) is 10.2. The average molecular weight is 276 g/mol. The summed E-state index contributed by atoms with van der Waals surface area (Å²) in [5, 5.41) is 0.956. The largest absolute Gasteiger partial charge is 0.288 e. The molecule has 0 aliphatic rings. The van der Waals surface area contributed by atoms with Gasteiger partial charge in [-0.3, -0.25) is 9.36 Å². The number of aromatic nitrogens is 2. The highest BCUT2D eigenvalue weighted by Gasteiger charge is 2.12. The predicted molar refractivity (Wildman–Crippen MR) is 86.4 cm³/mol. The molecular formula is C18H16N2O. The molecule has 0 aliphatic heterocycles. The SMILES string of the molecule is C=CCn1c(=O)c(-c2ccccc2C)cc2cccnc21. The van der Waals surface area contributed by atoms with E-state index in [0.29, 0.717) is 17.8 Å². The third-order valence-electron chi connectivity index (χ3n) is 3.59. The Bertz CT molecular complexity index is 878. The van der Waals surface area contributed by atoms with Gasteiger partial charge >= 0.3 is 0 Å². The Morgan fingerprint density at radius 1 is 1.19 bits per heavy atom. The fraction of sp³-hybridized carbons (Fsp3) is 0.111. The van der Waals surface area contributed by atoms with Crippen molar-refractivity contribution in [1.82, 2.24) is 9.55 Å². The van der Waals surface area contributed by atoms with Crippen molar-refractivity contribution in [2.75, 3.05) is 0 Å². The zero-order valence-corrected chi connectivity index (χ0v) is 11.9. The first-order valence-corrected chi connectivity index (χ1v) is 6.88. The molecule has 0 amide bonds. The second-order valence-electron chi connectivity index (χ2n) is 4.99. The van der Waals surface area contributed by atoms with Crippen LogP contribution in [0, 0.1) is 6.92 Å². The molecule has 3 rings (SSSR count). The number of allylic oxidation sites excluding steroid dienone is 1. The van der Waals surface area contributed by atoms with Gasteiger partial charge in [0.25, 0.3) is 5.56 Å². The van der Waals surface area contributed by atoms with E-state index in [9.17, 15) is 4.79 Å². The minimum Gasteiger partial charge on any atom is -0.288 e. The molecule has 2 heterocycles. The highest BCUT2D eigenvalue weighted by molar-refractivity contribution is 5.82. The van der Waals surface area contributed by atoms with Crippen molar-refractivity contribution in [3.63, 3.8) is 0 Å². The molecule has 0 spiro atoms. The van der Waals surface area contributed by atoms with E-state index in [4.69, 9.17) is 0 Å². The highest BCUT2D eigenvalue weighted by atomic mass is 16.1. The molecule has 0 N–H and O–H groups in total. The Kier molecular flexibility index (Phi) is 3.40. The Hall–Kier alpha value is -2.68. The number of nitrogens with zero attached hydrogens (tertiary/aromatic N) is 2. The minimum atomic E-state index is -0.0320. The van der Waals surface area contributed by atoms with E-state index < -0.39 is 0 Å². The smallest absolute Gasteiger partial charge is 0.260 e. The number of hydrogen-bond acceptors (Lipinski definition) is 2. The maximum absolute atomic E-state index is 12.8. The van der Waals surface area contributed by atoms with Crippen molar-refractivity contribution in [2.24, 2.45) is 0 Å². The number of rotatable bonds is 3. The summed E-state index contributed by atoms with van der Waals surface area (Å²) < 4.78 is 1.67. The number of fused-ring (bicyclic) bond motifs is 1. The van der Waals surface area contributed by atoms with E-state index in [1.54, 1.807) is 16.8 Å².